The molecule has 0 aromatic heterocycles. The second-order valence-electron chi connectivity index (χ2n) is 6.13. The molecule has 0 spiro atoms. The molecule has 0 radical (unpaired) electrons. The number of carbonyl (C=O) groups is 2. The van der Waals surface area contributed by atoms with Crippen LogP contribution in [0.2, 0.25) is 0 Å². The van der Waals surface area contributed by atoms with E-state index in [2.05, 4.69) is 5.43 Å². The molecule has 1 heterocycles. The molecule has 1 N–H and O–H groups in total. The van der Waals surface area contributed by atoms with Gasteiger partial charge < -0.3 is 9.47 Å². The predicted octanol–water partition coefficient (Wildman–Crippen LogP) is 3.25. The van der Waals surface area contributed by atoms with E-state index < -0.39 is 11.8 Å². The van der Waals surface area contributed by atoms with E-state index in [1.165, 1.54) is 5.01 Å². The highest BCUT2D eigenvalue weighted by molar-refractivity contribution is 6.31. The zero-order chi connectivity index (χ0) is 19.4. The summed E-state index contributed by atoms with van der Waals surface area (Å²) in [6, 6.07) is 12.6. The Bertz CT molecular complexity index is 891. The molecule has 1 aliphatic heterocycles. The first kappa shape index (κ1) is 18.5. The molecule has 0 atom stereocenters. The zero-order valence-corrected chi connectivity index (χ0v) is 15.6. The Balaban J connectivity index is 1.95. The van der Waals surface area contributed by atoms with Crippen molar-refractivity contribution in [2.75, 3.05) is 18.7 Å². The molecule has 6 nitrogen and oxygen atoms in total. The smallest absolute Gasteiger partial charge is 0.282 e. The summed E-state index contributed by atoms with van der Waals surface area (Å²) in [5.74, 6) is 0.450. The van der Waals surface area contributed by atoms with E-state index in [1.807, 2.05) is 26.0 Å². The molecule has 27 heavy (non-hydrogen) atoms. The normalized spacial score (nSPS) is 15.2. The van der Waals surface area contributed by atoms with Crippen LogP contribution >= 0.6 is 0 Å². The number of benzene rings is 2. The van der Waals surface area contributed by atoms with E-state index in [0.717, 1.165) is 17.7 Å². The van der Waals surface area contributed by atoms with E-state index in [0.29, 0.717) is 23.6 Å². The van der Waals surface area contributed by atoms with Crippen LogP contribution in [0.25, 0.3) is 6.08 Å². The highest BCUT2D eigenvalue weighted by Crippen LogP contribution is 2.33. The molecule has 2 aromatic rings. The number of carbonyl (C=O) groups excluding carboxylic acids is 2. The topological polar surface area (TPSA) is 67.9 Å². The maximum Gasteiger partial charge on any atom is 0.282 e. The van der Waals surface area contributed by atoms with Crippen LogP contribution in [0.4, 0.5) is 5.69 Å². The first-order valence-corrected chi connectivity index (χ1v) is 8.79. The Hall–Kier alpha value is -3.28. The van der Waals surface area contributed by atoms with Crippen LogP contribution in [-0.2, 0) is 9.59 Å². The second kappa shape index (κ2) is 7.95. The van der Waals surface area contributed by atoms with Gasteiger partial charge in [-0.15, -0.1) is 0 Å². The van der Waals surface area contributed by atoms with E-state index in [9.17, 15) is 9.59 Å². The maximum atomic E-state index is 12.7. The van der Waals surface area contributed by atoms with Gasteiger partial charge in [-0.05, 0) is 43.7 Å². The number of nitrogens with zero attached hydrogens (tertiary/aromatic N) is 1. The van der Waals surface area contributed by atoms with Crippen molar-refractivity contribution < 1.29 is 19.1 Å². The highest BCUT2D eigenvalue weighted by atomic mass is 16.5. The molecule has 6 heteroatoms. The van der Waals surface area contributed by atoms with Gasteiger partial charge in [0.15, 0.2) is 0 Å². The molecule has 3 rings (SSSR count). The third-order valence-electron chi connectivity index (χ3n) is 4.26. The number of hydrogen-bond acceptors (Lipinski definition) is 4. The number of hydrogen-bond donors (Lipinski definition) is 1. The summed E-state index contributed by atoms with van der Waals surface area (Å²) in [7, 11) is 1.56. The number of ether oxygens (including phenoxy) is 2. The van der Waals surface area contributed by atoms with Crippen molar-refractivity contribution >= 4 is 23.6 Å². The van der Waals surface area contributed by atoms with Gasteiger partial charge in [0.1, 0.15) is 17.1 Å². The maximum absolute atomic E-state index is 12.7. The van der Waals surface area contributed by atoms with Gasteiger partial charge in [0.05, 0.1) is 19.4 Å². The van der Waals surface area contributed by atoms with Crippen molar-refractivity contribution in [2.45, 2.75) is 20.3 Å². The molecule has 140 valence electrons. The predicted molar refractivity (Wildman–Crippen MR) is 104 cm³/mol. The van der Waals surface area contributed by atoms with Crippen molar-refractivity contribution in [3.8, 4) is 11.5 Å². The Labute approximate surface area is 158 Å². The molecule has 0 aliphatic carbocycles. The van der Waals surface area contributed by atoms with Crippen LogP contribution in [0.1, 0.15) is 24.5 Å². The number of anilines is 1. The number of amides is 2. The summed E-state index contributed by atoms with van der Waals surface area (Å²) in [6.07, 6.45) is 2.45. The molecule has 0 unspecified atom stereocenters. The highest BCUT2D eigenvalue weighted by Gasteiger charge is 2.34. The van der Waals surface area contributed by atoms with Gasteiger partial charge in [-0.2, -0.15) is 0 Å². The SMILES string of the molecule is CCCOc1ccc(/C=C2/C(=O)NN(c3ccccc3)C2=O)c(OC)c1C. The first-order chi connectivity index (χ1) is 13.1. The number of hydrazine groups is 1. The molecule has 2 amide bonds. The minimum absolute atomic E-state index is 0.0544. The lowest BCUT2D eigenvalue weighted by atomic mass is 10.0. The summed E-state index contributed by atoms with van der Waals surface area (Å²) in [5, 5.41) is 1.24. The third kappa shape index (κ3) is 3.65. The van der Waals surface area contributed by atoms with E-state index in [1.54, 1.807) is 43.5 Å². The van der Waals surface area contributed by atoms with Gasteiger partial charge in [0.25, 0.3) is 11.8 Å². The van der Waals surface area contributed by atoms with Crippen LogP contribution in [0.5, 0.6) is 11.5 Å². The lowest BCUT2D eigenvalue weighted by Gasteiger charge is -2.14. The van der Waals surface area contributed by atoms with Crippen molar-refractivity contribution in [1.29, 1.82) is 0 Å². The van der Waals surface area contributed by atoms with Crippen molar-refractivity contribution in [3.05, 3.63) is 59.2 Å². The lowest BCUT2D eigenvalue weighted by molar-refractivity contribution is -0.117. The lowest BCUT2D eigenvalue weighted by Crippen LogP contribution is -2.35. The Morgan fingerprint density at radius 2 is 1.85 bits per heavy atom. The Morgan fingerprint density at radius 1 is 1.11 bits per heavy atom. The van der Waals surface area contributed by atoms with Crippen molar-refractivity contribution in [3.63, 3.8) is 0 Å². The minimum atomic E-state index is -0.449. The summed E-state index contributed by atoms with van der Waals surface area (Å²) < 4.78 is 11.2. The standard InChI is InChI=1S/C21H22N2O4/c1-4-12-27-18-11-10-15(19(26-3)14(18)2)13-17-20(24)22-23(21(17)25)16-8-6-5-7-9-16/h5-11,13H,4,12H2,1-3H3,(H,22,24)/b17-13-. The average Bonchev–Trinajstić information content (AvgIpc) is 2.96. The molecular formula is C21H22N2O4. The molecule has 2 aromatic carbocycles. The fourth-order valence-electron chi connectivity index (χ4n) is 2.92. The summed E-state index contributed by atoms with van der Waals surface area (Å²) in [6.45, 7) is 4.53. The third-order valence-corrected chi connectivity index (χ3v) is 4.26. The van der Waals surface area contributed by atoms with Gasteiger partial charge >= 0.3 is 0 Å². The molecule has 1 fully saturated rings. The van der Waals surface area contributed by atoms with Crippen LogP contribution in [0.3, 0.4) is 0 Å². The van der Waals surface area contributed by atoms with Crippen LogP contribution in [0, 0.1) is 6.92 Å². The number of nitrogens with one attached hydrogen (secondary N) is 1. The van der Waals surface area contributed by atoms with E-state index in [-0.39, 0.29) is 5.57 Å². The monoisotopic (exact) mass is 366 g/mol. The van der Waals surface area contributed by atoms with E-state index in [4.69, 9.17) is 9.47 Å². The fourth-order valence-corrected chi connectivity index (χ4v) is 2.92. The second-order valence-corrected chi connectivity index (χ2v) is 6.13. The Kier molecular flexibility index (Phi) is 5.45. The van der Waals surface area contributed by atoms with Gasteiger partial charge in [0.2, 0.25) is 0 Å². The first-order valence-electron chi connectivity index (χ1n) is 8.79. The van der Waals surface area contributed by atoms with Gasteiger partial charge in [-0.25, -0.2) is 5.01 Å². The van der Waals surface area contributed by atoms with Crippen molar-refractivity contribution in [2.24, 2.45) is 0 Å². The largest absolute Gasteiger partial charge is 0.496 e. The van der Waals surface area contributed by atoms with Crippen LogP contribution in [-0.4, -0.2) is 25.5 Å². The quantitative estimate of drug-likeness (QED) is 0.629. The van der Waals surface area contributed by atoms with Gasteiger partial charge in [-0.3, -0.25) is 15.0 Å². The number of para-hydroxylation sites is 1. The molecular weight excluding hydrogens is 344 g/mol. The van der Waals surface area contributed by atoms with Crippen LogP contribution in [0.15, 0.2) is 48.0 Å². The van der Waals surface area contributed by atoms with E-state index >= 15 is 0 Å². The van der Waals surface area contributed by atoms with Gasteiger partial charge in [0, 0.05) is 11.1 Å². The molecule has 0 saturated carbocycles. The fraction of sp³-hybridized carbons (Fsp3) is 0.238. The summed E-state index contributed by atoms with van der Waals surface area (Å²) in [5.41, 5.74) is 4.72. The van der Waals surface area contributed by atoms with Gasteiger partial charge in [-0.1, -0.05) is 25.1 Å². The van der Waals surface area contributed by atoms with Crippen LogP contribution < -0.4 is 19.9 Å². The molecule has 0 bridgehead atoms. The summed E-state index contributed by atoms with van der Waals surface area (Å²) >= 11 is 0. The Morgan fingerprint density at radius 3 is 2.52 bits per heavy atom. The number of rotatable bonds is 6. The molecule has 1 aliphatic rings. The number of methoxy groups -OCH3 is 1. The summed E-state index contributed by atoms with van der Waals surface area (Å²) in [4.78, 5) is 25.1. The molecule has 1 saturated heterocycles. The minimum Gasteiger partial charge on any atom is -0.496 e. The van der Waals surface area contributed by atoms with Crippen molar-refractivity contribution in [1.82, 2.24) is 5.43 Å². The average molecular weight is 366 g/mol. The zero-order valence-electron chi connectivity index (χ0n) is 15.6.